The molecular formula is C11H13FN2O. The lowest BCUT2D eigenvalue weighted by Crippen LogP contribution is -2.45. The van der Waals surface area contributed by atoms with E-state index in [1.54, 1.807) is 12.1 Å². The summed E-state index contributed by atoms with van der Waals surface area (Å²) in [4.78, 5) is 13.4. The summed E-state index contributed by atoms with van der Waals surface area (Å²) in [6, 6.07) is 4.59. The molecule has 1 aromatic carbocycles. The first-order valence-corrected chi connectivity index (χ1v) is 4.97. The molecule has 0 aromatic heterocycles. The summed E-state index contributed by atoms with van der Waals surface area (Å²) in [6.45, 7) is 1.94. The van der Waals surface area contributed by atoms with Crippen LogP contribution in [0.25, 0.3) is 0 Å². The van der Waals surface area contributed by atoms with E-state index in [1.165, 1.54) is 6.07 Å². The lowest BCUT2D eigenvalue weighted by molar-refractivity contribution is -0.117. The molecule has 0 spiro atoms. The van der Waals surface area contributed by atoms with E-state index in [-0.39, 0.29) is 23.5 Å². The van der Waals surface area contributed by atoms with Crippen molar-refractivity contribution in [2.24, 2.45) is 0 Å². The maximum Gasteiger partial charge on any atom is 0.247 e. The van der Waals surface area contributed by atoms with Gasteiger partial charge in [0.1, 0.15) is 17.5 Å². The largest absolute Gasteiger partial charge is 0.361 e. The van der Waals surface area contributed by atoms with Gasteiger partial charge in [0.05, 0.1) is 5.69 Å². The normalized spacial score (nSPS) is 19.8. The van der Waals surface area contributed by atoms with Gasteiger partial charge in [-0.05, 0) is 18.6 Å². The quantitative estimate of drug-likeness (QED) is 0.765. The Morgan fingerprint density at radius 2 is 2.27 bits per heavy atom. The van der Waals surface area contributed by atoms with Gasteiger partial charge in [0.25, 0.3) is 0 Å². The van der Waals surface area contributed by atoms with Crippen molar-refractivity contribution in [1.29, 1.82) is 0 Å². The van der Waals surface area contributed by atoms with E-state index in [4.69, 9.17) is 0 Å². The molecule has 0 bridgehead atoms. The Morgan fingerprint density at radius 3 is 2.93 bits per heavy atom. The van der Waals surface area contributed by atoms with E-state index in [9.17, 15) is 9.18 Å². The number of fused-ring (bicyclic) bond motifs is 1. The smallest absolute Gasteiger partial charge is 0.247 e. The van der Waals surface area contributed by atoms with E-state index < -0.39 is 0 Å². The third kappa shape index (κ3) is 1.46. The lowest BCUT2D eigenvalue weighted by Gasteiger charge is -2.34. The highest BCUT2D eigenvalue weighted by Crippen LogP contribution is 2.33. The summed E-state index contributed by atoms with van der Waals surface area (Å²) in [6.07, 6.45) is 0.707. The molecule has 3 nitrogen and oxygen atoms in total. The highest BCUT2D eigenvalue weighted by Gasteiger charge is 2.30. The first kappa shape index (κ1) is 9.96. The van der Waals surface area contributed by atoms with E-state index in [1.807, 2.05) is 18.9 Å². The van der Waals surface area contributed by atoms with Crippen LogP contribution in [0.2, 0.25) is 0 Å². The molecule has 0 aliphatic carbocycles. The number of hydrogen-bond acceptors (Lipinski definition) is 2. The van der Waals surface area contributed by atoms with Crippen LogP contribution in [0.5, 0.6) is 0 Å². The van der Waals surface area contributed by atoms with Crippen molar-refractivity contribution in [2.75, 3.05) is 17.3 Å². The number of hydrogen-bond donors (Lipinski definition) is 1. The maximum absolute atomic E-state index is 13.4. The van der Waals surface area contributed by atoms with Crippen molar-refractivity contribution in [2.45, 2.75) is 19.4 Å². The van der Waals surface area contributed by atoms with Crippen molar-refractivity contribution in [3.05, 3.63) is 24.0 Å². The first-order chi connectivity index (χ1) is 7.15. The van der Waals surface area contributed by atoms with Crippen LogP contribution < -0.4 is 10.2 Å². The molecule has 2 rings (SSSR count). The lowest BCUT2D eigenvalue weighted by atomic mass is 10.1. The topological polar surface area (TPSA) is 32.3 Å². The highest BCUT2D eigenvalue weighted by atomic mass is 19.1. The number of amides is 1. The second-order valence-corrected chi connectivity index (χ2v) is 3.66. The number of para-hydroxylation sites is 1. The molecule has 1 aromatic rings. The molecule has 1 aliphatic heterocycles. The van der Waals surface area contributed by atoms with Gasteiger partial charge >= 0.3 is 0 Å². The second-order valence-electron chi connectivity index (χ2n) is 3.66. The Labute approximate surface area is 87.9 Å². The minimum Gasteiger partial charge on any atom is -0.361 e. The monoisotopic (exact) mass is 208 g/mol. The van der Waals surface area contributed by atoms with Crippen LogP contribution >= 0.6 is 0 Å². The molecular weight excluding hydrogens is 195 g/mol. The zero-order chi connectivity index (χ0) is 11.0. The van der Waals surface area contributed by atoms with E-state index >= 15 is 0 Å². The third-order valence-corrected chi connectivity index (χ3v) is 2.78. The number of rotatable bonds is 1. The SMILES string of the molecule is CCC1C(=O)Nc2c(F)cccc2N1C. The van der Waals surface area contributed by atoms with Crippen molar-refractivity contribution in [3.8, 4) is 0 Å². The number of benzene rings is 1. The molecule has 4 heteroatoms. The standard InChI is InChI=1S/C11H13FN2O/c1-3-8-11(15)13-10-7(12)5-4-6-9(10)14(8)2/h4-6,8H,3H2,1-2H3,(H,13,15). The molecule has 1 unspecified atom stereocenters. The van der Waals surface area contributed by atoms with Crippen LogP contribution in [0, 0.1) is 5.82 Å². The Kier molecular flexibility index (Phi) is 2.34. The van der Waals surface area contributed by atoms with Crippen molar-refractivity contribution >= 4 is 17.3 Å². The molecule has 0 radical (unpaired) electrons. The van der Waals surface area contributed by atoms with Gasteiger partial charge in [-0.25, -0.2) is 4.39 Å². The Bertz CT molecular complexity index is 406. The fraction of sp³-hybridized carbons (Fsp3) is 0.364. The molecule has 0 saturated heterocycles. The third-order valence-electron chi connectivity index (χ3n) is 2.78. The Hall–Kier alpha value is -1.58. The van der Waals surface area contributed by atoms with Gasteiger partial charge < -0.3 is 10.2 Å². The van der Waals surface area contributed by atoms with Crippen molar-refractivity contribution < 1.29 is 9.18 Å². The zero-order valence-electron chi connectivity index (χ0n) is 8.75. The summed E-state index contributed by atoms with van der Waals surface area (Å²) in [5.74, 6) is -0.528. The minimum absolute atomic E-state index is 0.141. The van der Waals surface area contributed by atoms with Crippen LogP contribution in [-0.2, 0) is 4.79 Å². The molecule has 0 saturated carbocycles. The number of halogens is 1. The Balaban J connectivity index is 2.50. The van der Waals surface area contributed by atoms with Gasteiger partial charge in [0.2, 0.25) is 5.91 Å². The first-order valence-electron chi connectivity index (χ1n) is 4.97. The predicted molar refractivity (Wildman–Crippen MR) is 57.5 cm³/mol. The van der Waals surface area contributed by atoms with E-state index in [0.717, 1.165) is 5.69 Å². The molecule has 1 aliphatic rings. The summed E-state index contributed by atoms with van der Waals surface area (Å²) in [5, 5.41) is 2.60. The fourth-order valence-electron chi connectivity index (χ4n) is 1.94. The summed E-state index contributed by atoms with van der Waals surface area (Å²) in [5.41, 5.74) is 1.02. The predicted octanol–water partition coefficient (Wildman–Crippen LogP) is 1.99. The summed E-state index contributed by atoms with van der Waals surface area (Å²) < 4.78 is 13.4. The number of likely N-dealkylation sites (N-methyl/N-ethyl adjacent to an activating group) is 1. The number of carbonyl (C=O) groups is 1. The van der Waals surface area contributed by atoms with Crippen LogP contribution in [0.1, 0.15) is 13.3 Å². The molecule has 15 heavy (non-hydrogen) atoms. The number of nitrogens with zero attached hydrogens (tertiary/aromatic N) is 1. The molecule has 1 N–H and O–H groups in total. The number of nitrogens with one attached hydrogen (secondary N) is 1. The number of carbonyl (C=O) groups excluding carboxylic acids is 1. The molecule has 1 amide bonds. The van der Waals surface area contributed by atoms with Crippen molar-refractivity contribution in [1.82, 2.24) is 0 Å². The average Bonchev–Trinajstić information content (AvgIpc) is 2.20. The highest BCUT2D eigenvalue weighted by molar-refractivity contribution is 6.03. The van der Waals surface area contributed by atoms with Crippen LogP contribution in [0.15, 0.2) is 18.2 Å². The van der Waals surface area contributed by atoms with Gasteiger partial charge in [-0.15, -0.1) is 0 Å². The number of anilines is 2. The van der Waals surface area contributed by atoms with E-state index in [0.29, 0.717) is 6.42 Å². The molecule has 0 fully saturated rings. The molecule has 1 atom stereocenters. The maximum atomic E-state index is 13.4. The fourth-order valence-corrected chi connectivity index (χ4v) is 1.94. The second kappa shape index (κ2) is 3.53. The average molecular weight is 208 g/mol. The summed E-state index contributed by atoms with van der Waals surface area (Å²) >= 11 is 0. The van der Waals surface area contributed by atoms with Crippen LogP contribution in [0.3, 0.4) is 0 Å². The van der Waals surface area contributed by atoms with Gasteiger partial charge in [-0.2, -0.15) is 0 Å². The van der Waals surface area contributed by atoms with Gasteiger partial charge in [0, 0.05) is 7.05 Å². The molecule has 80 valence electrons. The zero-order valence-corrected chi connectivity index (χ0v) is 8.75. The van der Waals surface area contributed by atoms with Crippen LogP contribution in [-0.4, -0.2) is 19.0 Å². The minimum atomic E-state index is -0.387. The summed E-state index contributed by atoms with van der Waals surface area (Å²) in [7, 11) is 1.81. The van der Waals surface area contributed by atoms with Gasteiger partial charge in [-0.3, -0.25) is 4.79 Å². The van der Waals surface area contributed by atoms with E-state index in [2.05, 4.69) is 5.32 Å². The molecule has 1 heterocycles. The Morgan fingerprint density at radius 1 is 1.53 bits per heavy atom. The van der Waals surface area contributed by atoms with Crippen LogP contribution in [0.4, 0.5) is 15.8 Å². The van der Waals surface area contributed by atoms with Gasteiger partial charge in [-0.1, -0.05) is 13.0 Å². The van der Waals surface area contributed by atoms with Crippen molar-refractivity contribution in [3.63, 3.8) is 0 Å². The van der Waals surface area contributed by atoms with Gasteiger partial charge in [0.15, 0.2) is 0 Å².